The molecule has 1 fully saturated rings. The highest BCUT2D eigenvalue weighted by Crippen LogP contribution is 2.32. The molecule has 3 rings (SSSR count). The fourth-order valence-corrected chi connectivity index (χ4v) is 4.21. The molecular weight excluding hydrogens is 468 g/mol. The summed E-state index contributed by atoms with van der Waals surface area (Å²) in [5.74, 6) is -0.566. The summed E-state index contributed by atoms with van der Waals surface area (Å²) in [6.45, 7) is 7.02. The SMILES string of the molecule is CC1(c2ccc(Br)cc2)NC(C2C[C@@H](O)CN2C(=O)[C@@H](NC(=O)O)C(C)(C)C)=NC1=O. The summed E-state index contributed by atoms with van der Waals surface area (Å²) in [6.07, 6.45) is -1.91. The summed E-state index contributed by atoms with van der Waals surface area (Å²) in [5, 5.41) is 24.9. The normalized spacial score (nSPS) is 27.0. The van der Waals surface area contributed by atoms with Crippen LogP contribution in [0.15, 0.2) is 33.7 Å². The lowest BCUT2D eigenvalue weighted by Gasteiger charge is -2.35. The van der Waals surface area contributed by atoms with E-state index < -0.39 is 47.0 Å². The van der Waals surface area contributed by atoms with Gasteiger partial charge in [-0.3, -0.25) is 9.59 Å². The van der Waals surface area contributed by atoms with Gasteiger partial charge in [0.25, 0.3) is 5.91 Å². The monoisotopic (exact) mass is 494 g/mol. The maximum Gasteiger partial charge on any atom is 0.405 e. The van der Waals surface area contributed by atoms with E-state index >= 15 is 0 Å². The molecule has 2 unspecified atom stereocenters. The molecule has 4 atom stereocenters. The van der Waals surface area contributed by atoms with E-state index in [-0.39, 0.29) is 13.0 Å². The third kappa shape index (κ3) is 4.59. The number of aliphatic hydroxyl groups is 1. The van der Waals surface area contributed by atoms with Crippen molar-refractivity contribution in [2.24, 2.45) is 10.4 Å². The molecule has 1 aromatic carbocycles. The number of benzene rings is 1. The van der Waals surface area contributed by atoms with Crippen LogP contribution in [0.4, 0.5) is 4.79 Å². The van der Waals surface area contributed by atoms with E-state index in [1.807, 2.05) is 24.3 Å². The molecule has 0 saturated carbocycles. The number of hydrogen-bond acceptors (Lipinski definition) is 5. The quantitative estimate of drug-likeness (QED) is 0.504. The number of halogens is 1. The number of carbonyl (C=O) groups excluding carboxylic acids is 2. The van der Waals surface area contributed by atoms with Crippen LogP contribution in [-0.4, -0.2) is 63.6 Å². The summed E-state index contributed by atoms with van der Waals surface area (Å²) >= 11 is 3.38. The maximum absolute atomic E-state index is 13.3. The van der Waals surface area contributed by atoms with E-state index in [9.17, 15) is 24.6 Å². The van der Waals surface area contributed by atoms with Crippen molar-refractivity contribution in [1.82, 2.24) is 15.5 Å². The first-order valence-corrected chi connectivity index (χ1v) is 10.8. The van der Waals surface area contributed by atoms with Crippen LogP contribution >= 0.6 is 15.9 Å². The van der Waals surface area contributed by atoms with Gasteiger partial charge in [0.1, 0.15) is 17.4 Å². The molecular formula is C21H27BrN4O5. The van der Waals surface area contributed by atoms with Gasteiger partial charge < -0.3 is 25.7 Å². The fourth-order valence-electron chi connectivity index (χ4n) is 3.95. The molecule has 2 aliphatic heterocycles. The maximum atomic E-state index is 13.3. The second-order valence-corrected chi connectivity index (χ2v) is 10.1. The Bertz CT molecular complexity index is 927. The fraction of sp³-hybridized carbons (Fsp3) is 0.524. The van der Waals surface area contributed by atoms with Gasteiger partial charge in [-0.05, 0) is 30.0 Å². The molecule has 3 amide bonds. The Morgan fingerprint density at radius 3 is 2.48 bits per heavy atom. The standard InChI is InChI=1S/C21H27BrN4O5/c1-20(2,3)15(23-19(30)31)17(28)26-10-13(27)9-14(26)16-24-18(29)21(4,25-16)11-5-7-12(22)8-6-11/h5-8,13-15,23,27H,9-10H2,1-4H3,(H,30,31)(H,24,25,29)/t13-,14?,15-,21?/m1/s1. The van der Waals surface area contributed by atoms with Gasteiger partial charge in [-0.2, -0.15) is 4.99 Å². The largest absolute Gasteiger partial charge is 0.465 e. The number of rotatable bonds is 4. The molecule has 2 heterocycles. The van der Waals surface area contributed by atoms with Crippen molar-refractivity contribution in [2.45, 2.75) is 57.8 Å². The Labute approximate surface area is 189 Å². The Hall–Kier alpha value is -2.46. The van der Waals surface area contributed by atoms with Crippen molar-refractivity contribution in [3.05, 3.63) is 34.3 Å². The van der Waals surface area contributed by atoms with Crippen molar-refractivity contribution in [3.8, 4) is 0 Å². The molecule has 0 aromatic heterocycles. The summed E-state index contributed by atoms with van der Waals surface area (Å²) in [6, 6.07) is 5.60. The summed E-state index contributed by atoms with van der Waals surface area (Å²) in [7, 11) is 0. The number of carbonyl (C=O) groups is 3. The molecule has 0 aliphatic carbocycles. The van der Waals surface area contributed by atoms with E-state index in [1.54, 1.807) is 27.7 Å². The minimum absolute atomic E-state index is 0.0290. The van der Waals surface area contributed by atoms with Gasteiger partial charge in [-0.25, -0.2) is 4.79 Å². The number of nitrogens with one attached hydrogen (secondary N) is 2. The van der Waals surface area contributed by atoms with Gasteiger partial charge in [0.2, 0.25) is 5.91 Å². The minimum Gasteiger partial charge on any atom is -0.465 e. The van der Waals surface area contributed by atoms with E-state index in [0.29, 0.717) is 5.84 Å². The minimum atomic E-state index is -1.31. The molecule has 31 heavy (non-hydrogen) atoms. The van der Waals surface area contributed by atoms with Gasteiger partial charge in [0, 0.05) is 17.4 Å². The molecule has 4 N–H and O–H groups in total. The average Bonchev–Trinajstić information content (AvgIpc) is 3.19. The highest BCUT2D eigenvalue weighted by Gasteiger charge is 2.49. The summed E-state index contributed by atoms with van der Waals surface area (Å²) < 4.78 is 0.876. The zero-order chi connectivity index (χ0) is 23.1. The van der Waals surface area contributed by atoms with E-state index in [2.05, 4.69) is 31.6 Å². The van der Waals surface area contributed by atoms with Gasteiger partial charge >= 0.3 is 6.09 Å². The predicted octanol–water partition coefficient (Wildman–Crippen LogP) is 1.84. The number of likely N-dealkylation sites (tertiary alicyclic amines) is 1. The molecule has 1 aromatic rings. The number of hydrogen-bond donors (Lipinski definition) is 4. The van der Waals surface area contributed by atoms with Crippen LogP contribution < -0.4 is 10.6 Å². The Morgan fingerprint density at radius 2 is 1.94 bits per heavy atom. The molecule has 0 spiro atoms. The van der Waals surface area contributed by atoms with E-state index in [0.717, 1.165) is 10.0 Å². The number of aliphatic hydroxyl groups excluding tert-OH is 1. The highest BCUT2D eigenvalue weighted by molar-refractivity contribution is 9.10. The van der Waals surface area contributed by atoms with Gasteiger partial charge in [-0.1, -0.05) is 48.8 Å². The van der Waals surface area contributed by atoms with Gasteiger partial charge in [0.05, 0.1) is 12.1 Å². The zero-order valence-corrected chi connectivity index (χ0v) is 19.4. The van der Waals surface area contributed by atoms with Crippen molar-refractivity contribution >= 4 is 39.7 Å². The lowest BCUT2D eigenvalue weighted by Crippen LogP contribution is -2.58. The first kappa shape index (κ1) is 23.2. The molecule has 0 radical (unpaired) electrons. The molecule has 9 nitrogen and oxygen atoms in total. The van der Waals surface area contributed by atoms with Crippen LogP contribution in [0.3, 0.4) is 0 Å². The molecule has 1 saturated heterocycles. The topological polar surface area (TPSA) is 131 Å². The Kier molecular flexibility index (Phi) is 6.16. The van der Waals surface area contributed by atoms with E-state index in [4.69, 9.17) is 0 Å². The van der Waals surface area contributed by atoms with Crippen LogP contribution in [0.25, 0.3) is 0 Å². The van der Waals surface area contributed by atoms with Crippen molar-refractivity contribution in [1.29, 1.82) is 0 Å². The van der Waals surface area contributed by atoms with Gasteiger partial charge in [-0.15, -0.1) is 0 Å². The third-order valence-electron chi connectivity index (χ3n) is 5.71. The molecule has 10 heteroatoms. The number of β-amino-alcohol motifs (C(OH)–C–C–N with tert-alkyl or cyclic N) is 1. The number of aliphatic imine (C=N–C) groups is 1. The second-order valence-electron chi connectivity index (χ2n) is 9.20. The predicted molar refractivity (Wildman–Crippen MR) is 118 cm³/mol. The Morgan fingerprint density at radius 1 is 1.32 bits per heavy atom. The number of amides is 3. The second kappa shape index (κ2) is 8.23. The number of amidine groups is 1. The zero-order valence-electron chi connectivity index (χ0n) is 17.8. The van der Waals surface area contributed by atoms with Gasteiger partial charge in [0.15, 0.2) is 0 Å². The molecule has 168 valence electrons. The summed E-state index contributed by atoms with van der Waals surface area (Å²) in [5.41, 5.74) is -1.07. The average molecular weight is 495 g/mol. The lowest BCUT2D eigenvalue weighted by molar-refractivity contribution is -0.136. The van der Waals surface area contributed by atoms with Crippen LogP contribution in [-0.2, 0) is 15.1 Å². The molecule has 0 bridgehead atoms. The number of carboxylic acid groups (broad SMARTS) is 1. The Balaban J connectivity index is 1.88. The van der Waals surface area contributed by atoms with Crippen LogP contribution in [0.5, 0.6) is 0 Å². The summed E-state index contributed by atoms with van der Waals surface area (Å²) in [4.78, 5) is 43.0. The lowest BCUT2D eigenvalue weighted by atomic mass is 9.85. The van der Waals surface area contributed by atoms with Crippen molar-refractivity contribution in [2.75, 3.05) is 6.54 Å². The van der Waals surface area contributed by atoms with E-state index in [1.165, 1.54) is 4.90 Å². The van der Waals surface area contributed by atoms with Crippen LogP contribution in [0, 0.1) is 5.41 Å². The van der Waals surface area contributed by atoms with Crippen molar-refractivity contribution < 1.29 is 24.6 Å². The first-order valence-electron chi connectivity index (χ1n) is 9.98. The third-order valence-corrected chi connectivity index (χ3v) is 6.24. The first-order chi connectivity index (χ1) is 14.3. The van der Waals surface area contributed by atoms with Crippen molar-refractivity contribution in [3.63, 3.8) is 0 Å². The number of nitrogens with zero attached hydrogens (tertiary/aromatic N) is 2. The van der Waals surface area contributed by atoms with Crippen LogP contribution in [0.1, 0.15) is 39.7 Å². The smallest absolute Gasteiger partial charge is 0.405 e. The highest BCUT2D eigenvalue weighted by atomic mass is 79.9. The molecule has 2 aliphatic rings. The van der Waals surface area contributed by atoms with Crippen LogP contribution in [0.2, 0.25) is 0 Å².